The van der Waals surface area contributed by atoms with Crippen LogP contribution in [0.15, 0.2) is 24.3 Å². The van der Waals surface area contributed by atoms with Crippen LogP contribution in [-0.4, -0.2) is 53.5 Å². The zero-order valence-corrected chi connectivity index (χ0v) is 17.1. The van der Waals surface area contributed by atoms with Gasteiger partial charge >= 0.3 is 18.1 Å². The van der Waals surface area contributed by atoms with Gasteiger partial charge in [0.2, 0.25) is 0 Å². The summed E-state index contributed by atoms with van der Waals surface area (Å²) < 4.78 is 15.8. The predicted octanol–water partition coefficient (Wildman–Crippen LogP) is 1.63. The lowest BCUT2D eigenvalue weighted by atomic mass is 10.2. The van der Waals surface area contributed by atoms with Gasteiger partial charge in [-0.3, -0.25) is 4.90 Å². The summed E-state index contributed by atoms with van der Waals surface area (Å²) >= 11 is 0. The van der Waals surface area contributed by atoms with Crippen LogP contribution in [0.4, 0.5) is 22.1 Å². The molecule has 32 heavy (non-hydrogen) atoms. The highest BCUT2D eigenvalue weighted by molar-refractivity contribution is 5.92. The quantitative estimate of drug-likeness (QED) is 0.364. The molecule has 0 spiro atoms. The molecular weight excluding hydrogens is 420 g/mol. The number of benzene rings is 1. The highest BCUT2D eigenvalue weighted by atomic mass is 16.6. The maximum atomic E-state index is 12.7. The van der Waals surface area contributed by atoms with Crippen molar-refractivity contribution in [2.24, 2.45) is 5.73 Å². The molecule has 0 radical (unpaired) electrons. The van der Waals surface area contributed by atoms with E-state index in [0.29, 0.717) is 24.3 Å². The van der Waals surface area contributed by atoms with Crippen molar-refractivity contribution >= 4 is 29.4 Å². The summed E-state index contributed by atoms with van der Waals surface area (Å²) in [6.07, 6.45) is -0.134. The zero-order chi connectivity index (χ0) is 22.8. The lowest BCUT2D eigenvalue weighted by Gasteiger charge is -2.23. The number of carboxylic acids is 1. The third-order valence-corrected chi connectivity index (χ3v) is 3.86. The molecule has 12 nitrogen and oxygen atoms in total. The Morgan fingerprint density at radius 3 is 2.59 bits per heavy atom. The van der Waals surface area contributed by atoms with E-state index in [0.717, 1.165) is 0 Å². The lowest BCUT2D eigenvalue weighted by Crippen LogP contribution is -2.33. The van der Waals surface area contributed by atoms with E-state index < -0.39 is 18.7 Å². The van der Waals surface area contributed by atoms with E-state index in [4.69, 9.17) is 36.5 Å². The predicted molar refractivity (Wildman–Crippen MR) is 120 cm³/mol. The number of nitrogens with two attached hydrogens (primary N) is 3. The number of rotatable bonds is 11. The number of nitrogen functional groups attached to an aromatic ring is 2. The second-order valence-corrected chi connectivity index (χ2v) is 6.23. The molecule has 1 amide bonds. The van der Waals surface area contributed by atoms with Crippen molar-refractivity contribution in [3.63, 3.8) is 0 Å². The average molecular weight is 450 g/mol. The fourth-order valence-electron chi connectivity index (χ4n) is 2.46. The first-order valence-corrected chi connectivity index (χ1v) is 9.49. The van der Waals surface area contributed by atoms with Crippen molar-refractivity contribution in [2.75, 3.05) is 42.7 Å². The van der Waals surface area contributed by atoms with Gasteiger partial charge in [-0.05, 0) is 37.6 Å². The maximum Gasteiger partial charge on any atom is 0.415 e. The number of aromatic nitrogens is 2. The van der Waals surface area contributed by atoms with E-state index >= 15 is 0 Å². The highest BCUT2D eigenvalue weighted by Gasteiger charge is 2.24. The molecule has 1 aromatic carbocycles. The molecule has 0 aliphatic heterocycles. The van der Waals surface area contributed by atoms with Crippen LogP contribution in [0.2, 0.25) is 0 Å². The maximum absolute atomic E-state index is 12.7. The second kappa shape index (κ2) is 12.8. The van der Waals surface area contributed by atoms with Crippen LogP contribution in [0.1, 0.15) is 26.3 Å². The van der Waals surface area contributed by atoms with Crippen molar-refractivity contribution in [3.8, 4) is 11.8 Å². The standard InChI is InChI=1S/C19H26N6O6.CH4/c1-2-29-19(28)25(10-12-5-3-6-13(9-12)31-11-14(26)27)17-15(21)16(22)23-18(24-17)30-8-4-7-20;/h3,5-6,9H,2,4,7-8,10-11,20-21H2,1H3,(H,26,27)(H2,22,23,24);1H4. The molecule has 2 aromatic rings. The van der Waals surface area contributed by atoms with Crippen molar-refractivity contribution < 1.29 is 28.9 Å². The van der Waals surface area contributed by atoms with Gasteiger partial charge in [-0.2, -0.15) is 9.97 Å². The number of nitrogens with zero attached hydrogens (tertiary/aromatic N) is 3. The Morgan fingerprint density at radius 2 is 1.94 bits per heavy atom. The number of aliphatic carboxylic acids is 1. The second-order valence-electron chi connectivity index (χ2n) is 6.23. The van der Waals surface area contributed by atoms with Gasteiger partial charge in [0.15, 0.2) is 18.2 Å². The number of carbonyl (C=O) groups is 2. The Hall–Kier alpha value is -3.80. The number of anilines is 3. The van der Waals surface area contributed by atoms with Crippen LogP contribution in [0, 0.1) is 0 Å². The molecule has 176 valence electrons. The van der Waals surface area contributed by atoms with Gasteiger partial charge in [0.1, 0.15) is 11.4 Å². The van der Waals surface area contributed by atoms with Crippen LogP contribution < -0.4 is 31.6 Å². The summed E-state index contributed by atoms with van der Waals surface area (Å²) in [6, 6.07) is 6.52. The minimum Gasteiger partial charge on any atom is -0.482 e. The monoisotopic (exact) mass is 450 g/mol. The van der Waals surface area contributed by atoms with Crippen LogP contribution in [-0.2, 0) is 16.1 Å². The van der Waals surface area contributed by atoms with Gasteiger partial charge in [-0.1, -0.05) is 19.6 Å². The summed E-state index contributed by atoms with van der Waals surface area (Å²) in [7, 11) is 0. The molecular formula is C20H30N6O6. The Bertz CT molecular complexity index is 910. The van der Waals surface area contributed by atoms with Crippen molar-refractivity contribution in [1.82, 2.24) is 9.97 Å². The van der Waals surface area contributed by atoms with E-state index in [2.05, 4.69) is 9.97 Å². The molecule has 0 saturated heterocycles. The minimum absolute atomic E-state index is 0. The van der Waals surface area contributed by atoms with E-state index in [9.17, 15) is 9.59 Å². The number of carbonyl (C=O) groups excluding carboxylic acids is 1. The van der Waals surface area contributed by atoms with Crippen LogP contribution >= 0.6 is 0 Å². The van der Waals surface area contributed by atoms with Gasteiger partial charge in [0.05, 0.1) is 19.8 Å². The Labute approximate surface area is 186 Å². The number of hydrogen-bond donors (Lipinski definition) is 4. The highest BCUT2D eigenvalue weighted by Crippen LogP contribution is 2.30. The van der Waals surface area contributed by atoms with Crippen LogP contribution in [0.25, 0.3) is 0 Å². The third-order valence-electron chi connectivity index (χ3n) is 3.86. The first kappa shape index (κ1) is 26.2. The number of carboxylic acid groups (broad SMARTS) is 1. The Kier molecular flexibility index (Phi) is 10.5. The topological polar surface area (TPSA) is 189 Å². The van der Waals surface area contributed by atoms with E-state index in [-0.39, 0.29) is 50.5 Å². The lowest BCUT2D eigenvalue weighted by molar-refractivity contribution is -0.139. The largest absolute Gasteiger partial charge is 0.482 e. The SMILES string of the molecule is C.CCOC(=O)N(Cc1cccc(OCC(=O)O)c1)c1nc(OCCCN)nc(N)c1N. The van der Waals surface area contributed by atoms with Gasteiger partial charge in [0.25, 0.3) is 0 Å². The smallest absolute Gasteiger partial charge is 0.415 e. The number of ether oxygens (including phenoxy) is 3. The van der Waals surface area contributed by atoms with Crippen molar-refractivity contribution in [1.29, 1.82) is 0 Å². The number of hydrogen-bond acceptors (Lipinski definition) is 10. The van der Waals surface area contributed by atoms with Crippen molar-refractivity contribution in [3.05, 3.63) is 29.8 Å². The molecule has 0 bridgehead atoms. The average Bonchev–Trinajstić information content (AvgIpc) is 2.74. The first-order valence-electron chi connectivity index (χ1n) is 9.49. The van der Waals surface area contributed by atoms with Gasteiger partial charge < -0.3 is 36.5 Å². The molecule has 0 saturated carbocycles. The fourth-order valence-corrected chi connectivity index (χ4v) is 2.46. The molecule has 12 heteroatoms. The van der Waals surface area contributed by atoms with Gasteiger partial charge in [0, 0.05) is 0 Å². The van der Waals surface area contributed by atoms with Crippen LogP contribution in [0.5, 0.6) is 11.8 Å². The minimum atomic E-state index is -1.11. The molecule has 7 N–H and O–H groups in total. The molecule has 2 rings (SSSR count). The number of amides is 1. The summed E-state index contributed by atoms with van der Waals surface area (Å²) in [5.41, 5.74) is 18.0. The molecule has 0 aliphatic carbocycles. The van der Waals surface area contributed by atoms with Gasteiger partial charge in [-0.25, -0.2) is 9.59 Å². The summed E-state index contributed by atoms with van der Waals surface area (Å²) in [4.78, 5) is 32.8. The van der Waals surface area contributed by atoms with Crippen LogP contribution in [0.3, 0.4) is 0 Å². The molecule has 0 aliphatic rings. The Morgan fingerprint density at radius 1 is 1.19 bits per heavy atom. The third kappa shape index (κ3) is 7.47. The summed E-state index contributed by atoms with van der Waals surface area (Å²) in [5.74, 6) is -0.819. The van der Waals surface area contributed by atoms with E-state index in [1.54, 1.807) is 31.2 Å². The molecule has 0 atom stereocenters. The molecule has 0 unspecified atom stereocenters. The molecule has 0 fully saturated rings. The van der Waals surface area contributed by atoms with Crippen molar-refractivity contribution in [2.45, 2.75) is 27.3 Å². The fraction of sp³-hybridized carbons (Fsp3) is 0.400. The molecule has 1 aromatic heterocycles. The normalized spacial score (nSPS) is 10.1. The summed E-state index contributed by atoms with van der Waals surface area (Å²) in [6.45, 7) is 1.97. The Balaban J connectivity index is 0.00000512. The van der Waals surface area contributed by atoms with E-state index in [1.165, 1.54) is 4.90 Å². The van der Waals surface area contributed by atoms with Gasteiger partial charge in [-0.15, -0.1) is 0 Å². The first-order chi connectivity index (χ1) is 14.8. The molecule has 1 heterocycles. The summed E-state index contributed by atoms with van der Waals surface area (Å²) in [5, 5.41) is 8.78. The van der Waals surface area contributed by atoms with E-state index in [1.807, 2.05) is 0 Å². The zero-order valence-electron chi connectivity index (χ0n) is 17.1.